The zero-order chi connectivity index (χ0) is 16.7. The maximum Gasteiger partial charge on any atom is 0.258 e. The molecule has 0 saturated carbocycles. The Balaban J connectivity index is 1.75. The van der Waals surface area contributed by atoms with E-state index in [4.69, 9.17) is 4.74 Å². The van der Waals surface area contributed by atoms with Crippen LogP contribution >= 0.6 is 0 Å². The van der Waals surface area contributed by atoms with Crippen LogP contribution in [0.5, 0.6) is 5.75 Å². The molecule has 0 heterocycles. The Bertz CT molecular complexity index is 610. The molecule has 2 rings (SSSR count). The van der Waals surface area contributed by atoms with Gasteiger partial charge in [0.05, 0.1) is 6.10 Å². The number of hydrogen-bond acceptors (Lipinski definition) is 3. The topological polar surface area (TPSA) is 58.6 Å². The van der Waals surface area contributed by atoms with E-state index < -0.39 is 6.10 Å². The highest BCUT2D eigenvalue weighted by Crippen LogP contribution is 2.17. The predicted octanol–water partition coefficient (Wildman–Crippen LogP) is 3.00. The van der Waals surface area contributed by atoms with Gasteiger partial charge in [-0.05, 0) is 38.0 Å². The monoisotopic (exact) mass is 313 g/mol. The molecule has 0 radical (unpaired) electrons. The second-order valence-corrected chi connectivity index (χ2v) is 5.73. The largest absolute Gasteiger partial charge is 0.484 e. The molecule has 4 nitrogen and oxygen atoms in total. The van der Waals surface area contributed by atoms with Crippen LogP contribution in [0.15, 0.2) is 54.6 Å². The zero-order valence-corrected chi connectivity index (χ0v) is 13.5. The molecule has 2 aromatic rings. The van der Waals surface area contributed by atoms with Gasteiger partial charge in [0.15, 0.2) is 6.61 Å². The molecule has 2 atom stereocenters. The molecule has 0 bridgehead atoms. The summed E-state index contributed by atoms with van der Waals surface area (Å²) in [6, 6.07) is 16.8. The van der Waals surface area contributed by atoms with Crippen LogP contribution in [0.4, 0.5) is 0 Å². The lowest BCUT2D eigenvalue weighted by molar-refractivity contribution is -0.123. The van der Waals surface area contributed by atoms with Gasteiger partial charge < -0.3 is 15.2 Å². The van der Waals surface area contributed by atoms with E-state index in [0.29, 0.717) is 12.2 Å². The average Bonchev–Trinajstić information content (AvgIpc) is 2.55. The summed E-state index contributed by atoms with van der Waals surface area (Å²) in [5, 5.41) is 13.0. The highest BCUT2D eigenvalue weighted by atomic mass is 16.5. The smallest absolute Gasteiger partial charge is 0.258 e. The minimum atomic E-state index is -0.593. The lowest BCUT2D eigenvalue weighted by atomic mass is 10.0. The van der Waals surface area contributed by atoms with Crippen molar-refractivity contribution in [3.05, 3.63) is 65.7 Å². The van der Waals surface area contributed by atoms with Crippen LogP contribution in [0.3, 0.4) is 0 Å². The van der Waals surface area contributed by atoms with E-state index in [0.717, 1.165) is 11.1 Å². The van der Waals surface area contributed by atoms with E-state index in [1.165, 1.54) is 0 Å². The van der Waals surface area contributed by atoms with Crippen molar-refractivity contribution >= 4 is 5.91 Å². The average molecular weight is 313 g/mol. The third-order valence-corrected chi connectivity index (χ3v) is 3.56. The van der Waals surface area contributed by atoms with Gasteiger partial charge in [0.2, 0.25) is 0 Å². The van der Waals surface area contributed by atoms with Crippen molar-refractivity contribution in [3.63, 3.8) is 0 Å². The second-order valence-electron chi connectivity index (χ2n) is 5.73. The first-order valence-corrected chi connectivity index (χ1v) is 7.76. The first-order chi connectivity index (χ1) is 11.0. The van der Waals surface area contributed by atoms with Crippen LogP contribution in [-0.4, -0.2) is 23.7 Å². The number of carbonyl (C=O) groups excluding carboxylic acids is 1. The molecule has 4 heteroatoms. The van der Waals surface area contributed by atoms with Gasteiger partial charge in [-0.1, -0.05) is 48.0 Å². The van der Waals surface area contributed by atoms with E-state index in [1.807, 2.05) is 68.4 Å². The lowest BCUT2D eigenvalue weighted by Gasteiger charge is -2.18. The van der Waals surface area contributed by atoms with Crippen molar-refractivity contribution in [3.8, 4) is 5.75 Å². The number of benzene rings is 2. The molecule has 0 aliphatic heterocycles. The maximum absolute atomic E-state index is 11.9. The van der Waals surface area contributed by atoms with Crippen LogP contribution in [0.25, 0.3) is 0 Å². The van der Waals surface area contributed by atoms with Crippen molar-refractivity contribution in [1.29, 1.82) is 0 Å². The van der Waals surface area contributed by atoms with E-state index in [-0.39, 0.29) is 18.6 Å². The number of aliphatic hydroxyl groups excluding tert-OH is 1. The number of aryl methyl sites for hydroxylation is 1. The summed E-state index contributed by atoms with van der Waals surface area (Å²) in [6.07, 6.45) is -0.134. The summed E-state index contributed by atoms with van der Waals surface area (Å²) in [7, 11) is 0. The molecule has 0 spiro atoms. The van der Waals surface area contributed by atoms with Gasteiger partial charge in [-0.2, -0.15) is 0 Å². The number of amides is 1. The summed E-state index contributed by atoms with van der Waals surface area (Å²) in [5.74, 6) is 0.473. The fourth-order valence-electron chi connectivity index (χ4n) is 2.30. The first kappa shape index (κ1) is 17.0. The summed E-state index contributed by atoms with van der Waals surface area (Å²) < 4.78 is 5.44. The molecule has 23 heavy (non-hydrogen) atoms. The minimum Gasteiger partial charge on any atom is -0.484 e. The Hall–Kier alpha value is -2.33. The Morgan fingerprint density at radius 3 is 2.43 bits per heavy atom. The summed E-state index contributed by atoms with van der Waals surface area (Å²) in [4.78, 5) is 11.9. The molecule has 0 aliphatic carbocycles. The lowest BCUT2D eigenvalue weighted by Crippen LogP contribution is -2.37. The maximum atomic E-state index is 11.9. The van der Waals surface area contributed by atoms with Crippen LogP contribution in [0.2, 0.25) is 0 Å². The van der Waals surface area contributed by atoms with Crippen molar-refractivity contribution in [2.24, 2.45) is 0 Å². The van der Waals surface area contributed by atoms with Gasteiger partial charge in [0.1, 0.15) is 5.75 Å². The molecule has 1 amide bonds. The van der Waals surface area contributed by atoms with Crippen molar-refractivity contribution in [1.82, 2.24) is 5.32 Å². The van der Waals surface area contributed by atoms with Gasteiger partial charge in [-0.3, -0.25) is 4.79 Å². The fourth-order valence-corrected chi connectivity index (χ4v) is 2.30. The number of rotatable bonds is 7. The third kappa shape index (κ3) is 5.75. The molecule has 2 N–H and O–H groups in total. The van der Waals surface area contributed by atoms with Gasteiger partial charge >= 0.3 is 0 Å². The summed E-state index contributed by atoms with van der Waals surface area (Å²) in [5.41, 5.74) is 2.00. The van der Waals surface area contributed by atoms with Crippen LogP contribution < -0.4 is 10.1 Å². The van der Waals surface area contributed by atoms with Crippen molar-refractivity contribution in [2.45, 2.75) is 32.4 Å². The molecule has 2 unspecified atom stereocenters. The Morgan fingerprint density at radius 2 is 1.78 bits per heavy atom. The Morgan fingerprint density at radius 1 is 1.13 bits per heavy atom. The van der Waals surface area contributed by atoms with Crippen molar-refractivity contribution < 1.29 is 14.6 Å². The van der Waals surface area contributed by atoms with Crippen molar-refractivity contribution in [2.75, 3.05) is 6.61 Å². The standard InChI is InChI=1S/C19H23NO3/c1-14-8-10-17(11-9-14)23-13-19(22)20-15(2)12-18(21)16-6-4-3-5-7-16/h3-11,15,18,21H,12-13H2,1-2H3,(H,20,22). The van der Waals surface area contributed by atoms with Crippen LogP contribution in [0.1, 0.15) is 30.6 Å². The van der Waals surface area contributed by atoms with Crippen LogP contribution in [0, 0.1) is 6.92 Å². The first-order valence-electron chi connectivity index (χ1n) is 7.76. The molecular weight excluding hydrogens is 290 g/mol. The highest BCUT2D eigenvalue weighted by molar-refractivity contribution is 5.77. The zero-order valence-electron chi connectivity index (χ0n) is 13.5. The molecule has 2 aromatic carbocycles. The Labute approximate surface area is 137 Å². The predicted molar refractivity (Wildman–Crippen MR) is 90.3 cm³/mol. The van der Waals surface area contributed by atoms with E-state index in [1.54, 1.807) is 0 Å². The summed E-state index contributed by atoms with van der Waals surface area (Å²) in [6.45, 7) is 3.83. The second kappa shape index (κ2) is 8.34. The number of ether oxygens (including phenoxy) is 1. The molecule has 0 saturated heterocycles. The highest BCUT2D eigenvalue weighted by Gasteiger charge is 2.14. The molecular formula is C19H23NO3. The summed E-state index contributed by atoms with van der Waals surface area (Å²) >= 11 is 0. The van der Waals surface area contributed by atoms with Gasteiger partial charge in [0, 0.05) is 6.04 Å². The number of hydrogen-bond donors (Lipinski definition) is 2. The van der Waals surface area contributed by atoms with Gasteiger partial charge in [0.25, 0.3) is 5.91 Å². The molecule has 0 fully saturated rings. The van der Waals surface area contributed by atoms with Crippen LogP contribution in [-0.2, 0) is 4.79 Å². The fraction of sp³-hybridized carbons (Fsp3) is 0.316. The molecule has 0 aromatic heterocycles. The molecule has 122 valence electrons. The van der Waals surface area contributed by atoms with Gasteiger partial charge in [-0.25, -0.2) is 0 Å². The molecule has 0 aliphatic rings. The quantitative estimate of drug-likeness (QED) is 0.826. The third-order valence-electron chi connectivity index (χ3n) is 3.56. The van der Waals surface area contributed by atoms with E-state index in [9.17, 15) is 9.90 Å². The number of carbonyl (C=O) groups is 1. The van der Waals surface area contributed by atoms with E-state index in [2.05, 4.69) is 5.32 Å². The number of nitrogens with one attached hydrogen (secondary N) is 1. The minimum absolute atomic E-state index is 0.0329. The van der Waals surface area contributed by atoms with Gasteiger partial charge in [-0.15, -0.1) is 0 Å². The van der Waals surface area contributed by atoms with E-state index >= 15 is 0 Å². The number of aliphatic hydroxyl groups is 1. The normalized spacial score (nSPS) is 13.2. The Kier molecular flexibility index (Phi) is 6.18. The SMILES string of the molecule is Cc1ccc(OCC(=O)NC(C)CC(O)c2ccccc2)cc1.